The molecule has 2 unspecified atom stereocenters. The molecule has 2 atom stereocenters. The molecule has 0 radical (unpaired) electrons. The number of nitrogens with one attached hydrogen (secondary N) is 1. The average molecular weight is 312 g/mol. The van der Waals surface area contributed by atoms with Gasteiger partial charge in [0.05, 0.1) is 7.11 Å². The summed E-state index contributed by atoms with van der Waals surface area (Å²) in [6.45, 7) is 6.86. The van der Waals surface area contributed by atoms with Gasteiger partial charge in [-0.3, -0.25) is 0 Å². The number of piperidine rings is 1. The van der Waals surface area contributed by atoms with Gasteiger partial charge in [-0.15, -0.1) is 0 Å². The number of ether oxygens (including phenoxy) is 1. The largest absolute Gasteiger partial charge is 0.497 e. The van der Waals surface area contributed by atoms with Gasteiger partial charge < -0.3 is 10.1 Å². The molecular formula is C15H22BrNO. The van der Waals surface area contributed by atoms with E-state index in [-0.39, 0.29) is 0 Å². The van der Waals surface area contributed by atoms with E-state index in [1.807, 2.05) is 6.07 Å². The first-order valence-corrected chi connectivity index (χ1v) is 7.47. The molecule has 18 heavy (non-hydrogen) atoms. The minimum absolute atomic E-state index is 0.621. The van der Waals surface area contributed by atoms with Gasteiger partial charge in [-0.2, -0.15) is 0 Å². The van der Waals surface area contributed by atoms with Crippen molar-refractivity contribution in [2.45, 2.75) is 26.2 Å². The van der Waals surface area contributed by atoms with Crippen LogP contribution in [0.25, 0.3) is 0 Å². The number of halogens is 1. The second kappa shape index (κ2) is 6.07. The van der Waals surface area contributed by atoms with Crippen molar-refractivity contribution in [3.8, 4) is 5.75 Å². The summed E-state index contributed by atoms with van der Waals surface area (Å²) in [7, 11) is 1.73. The monoisotopic (exact) mass is 311 g/mol. The molecule has 1 saturated heterocycles. The lowest BCUT2D eigenvalue weighted by atomic mass is 9.75. The van der Waals surface area contributed by atoms with Crippen LogP contribution < -0.4 is 10.1 Å². The Morgan fingerprint density at radius 1 is 1.39 bits per heavy atom. The Morgan fingerprint density at radius 3 is 2.83 bits per heavy atom. The van der Waals surface area contributed by atoms with Gasteiger partial charge in [0, 0.05) is 4.47 Å². The van der Waals surface area contributed by atoms with Crippen LogP contribution in [-0.4, -0.2) is 20.2 Å². The smallest absolute Gasteiger partial charge is 0.119 e. The lowest BCUT2D eigenvalue weighted by Crippen LogP contribution is -2.38. The van der Waals surface area contributed by atoms with Gasteiger partial charge >= 0.3 is 0 Å². The van der Waals surface area contributed by atoms with Gasteiger partial charge in [0.2, 0.25) is 0 Å². The zero-order valence-corrected chi connectivity index (χ0v) is 13.0. The standard InChI is InChI=1S/C15H22BrNO/c1-10(2)14-9-17-7-6-12(14)13-8-11(18-3)4-5-15(13)16/h4-5,8,10,12,14,17H,6-7,9H2,1-3H3. The molecule has 3 heteroatoms. The van der Waals surface area contributed by atoms with Crippen molar-refractivity contribution in [2.75, 3.05) is 20.2 Å². The van der Waals surface area contributed by atoms with Crippen LogP contribution in [0.4, 0.5) is 0 Å². The number of rotatable bonds is 3. The van der Waals surface area contributed by atoms with Crippen molar-refractivity contribution in [3.05, 3.63) is 28.2 Å². The Labute approximate surface area is 118 Å². The number of benzene rings is 1. The van der Waals surface area contributed by atoms with Crippen LogP contribution in [0.15, 0.2) is 22.7 Å². The number of methoxy groups -OCH3 is 1. The van der Waals surface area contributed by atoms with Gasteiger partial charge in [-0.05, 0) is 61.0 Å². The molecule has 0 aromatic heterocycles. The van der Waals surface area contributed by atoms with Crippen molar-refractivity contribution in [3.63, 3.8) is 0 Å². The van der Waals surface area contributed by atoms with Crippen molar-refractivity contribution < 1.29 is 4.74 Å². The molecule has 1 N–H and O–H groups in total. The molecule has 1 heterocycles. The third-order valence-corrected chi connectivity index (χ3v) is 4.71. The van der Waals surface area contributed by atoms with Crippen LogP contribution in [0.1, 0.15) is 31.7 Å². The fraction of sp³-hybridized carbons (Fsp3) is 0.600. The molecule has 2 nitrogen and oxygen atoms in total. The third-order valence-electron chi connectivity index (χ3n) is 3.99. The Bertz CT molecular complexity index is 405. The average Bonchev–Trinajstić information content (AvgIpc) is 2.39. The van der Waals surface area contributed by atoms with E-state index in [1.165, 1.54) is 16.5 Å². The Balaban J connectivity index is 2.32. The Hall–Kier alpha value is -0.540. The van der Waals surface area contributed by atoms with Crippen LogP contribution >= 0.6 is 15.9 Å². The second-order valence-corrected chi connectivity index (χ2v) is 6.25. The topological polar surface area (TPSA) is 21.3 Å². The quantitative estimate of drug-likeness (QED) is 0.916. The molecular weight excluding hydrogens is 290 g/mol. The van der Waals surface area contributed by atoms with Crippen molar-refractivity contribution in [1.29, 1.82) is 0 Å². The fourth-order valence-electron chi connectivity index (χ4n) is 2.90. The molecule has 2 rings (SSSR count). The van der Waals surface area contributed by atoms with Gasteiger partial charge in [0.1, 0.15) is 5.75 Å². The van der Waals surface area contributed by atoms with Crippen LogP contribution in [0.3, 0.4) is 0 Å². The maximum atomic E-state index is 5.36. The van der Waals surface area contributed by atoms with E-state index in [0.717, 1.165) is 18.8 Å². The molecule has 0 aliphatic carbocycles. The summed E-state index contributed by atoms with van der Waals surface area (Å²) in [4.78, 5) is 0. The van der Waals surface area contributed by atoms with Crippen LogP contribution in [0.5, 0.6) is 5.75 Å². The predicted octanol–water partition coefficient (Wildman–Crippen LogP) is 3.81. The van der Waals surface area contributed by atoms with Gasteiger partial charge in [-0.25, -0.2) is 0 Å². The summed E-state index contributed by atoms with van der Waals surface area (Å²) in [5, 5.41) is 3.52. The summed E-state index contributed by atoms with van der Waals surface area (Å²) in [5.41, 5.74) is 1.40. The molecule has 0 bridgehead atoms. The molecule has 1 aromatic rings. The zero-order valence-electron chi connectivity index (χ0n) is 11.4. The van der Waals surface area contributed by atoms with Crippen molar-refractivity contribution in [2.24, 2.45) is 11.8 Å². The number of hydrogen-bond acceptors (Lipinski definition) is 2. The highest BCUT2D eigenvalue weighted by Crippen LogP contribution is 2.39. The summed E-state index contributed by atoms with van der Waals surface area (Å²) >= 11 is 3.70. The van der Waals surface area contributed by atoms with Crippen LogP contribution in [0.2, 0.25) is 0 Å². The molecule has 0 spiro atoms. The SMILES string of the molecule is COc1ccc(Br)c(C2CCNCC2C(C)C)c1. The highest BCUT2D eigenvalue weighted by molar-refractivity contribution is 9.10. The summed E-state index contributed by atoms with van der Waals surface area (Å²) in [5.74, 6) is 2.97. The van der Waals surface area contributed by atoms with E-state index in [0.29, 0.717) is 17.8 Å². The first-order valence-electron chi connectivity index (χ1n) is 6.67. The highest BCUT2D eigenvalue weighted by atomic mass is 79.9. The summed E-state index contributed by atoms with van der Waals surface area (Å²) < 4.78 is 6.57. The van der Waals surface area contributed by atoms with E-state index in [9.17, 15) is 0 Å². The predicted molar refractivity (Wildman–Crippen MR) is 79.2 cm³/mol. The van der Waals surface area contributed by atoms with Crippen LogP contribution in [0, 0.1) is 11.8 Å². The fourth-order valence-corrected chi connectivity index (χ4v) is 3.44. The Morgan fingerprint density at radius 2 is 2.17 bits per heavy atom. The maximum absolute atomic E-state index is 5.36. The van der Waals surface area contributed by atoms with Gasteiger partial charge in [0.25, 0.3) is 0 Å². The summed E-state index contributed by atoms with van der Waals surface area (Å²) in [6.07, 6.45) is 1.20. The van der Waals surface area contributed by atoms with Crippen molar-refractivity contribution >= 4 is 15.9 Å². The minimum Gasteiger partial charge on any atom is -0.497 e. The van der Waals surface area contributed by atoms with Crippen LogP contribution in [-0.2, 0) is 0 Å². The van der Waals surface area contributed by atoms with Crippen molar-refractivity contribution in [1.82, 2.24) is 5.32 Å². The molecule has 0 saturated carbocycles. The molecule has 100 valence electrons. The molecule has 1 aromatic carbocycles. The molecule has 1 aliphatic rings. The van der Waals surface area contributed by atoms with Gasteiger partial charge in [0.15, 0.2) is 0 Å². The molecule has 1 fully saturated rings. The number of hydrogen-bond donors (Lipinski definition) is 1. The molecule has 1 aliphatic heterocycles. The second-order valence-electron chi connectivity index (χ2n) is 5.39. The minimum atomic E-state index is 0.621. The van der Waals surface area contributed by atoms with E-state index in [2.05, 4.69) is 47.2 Å². The normalized spacial score (nSPS) is 24.3. The van der Waals surface area contributed by atoms with E-state index < -0.39 is 0 Å². The van der Waals surface area contributed by atoms with E-state index in [4.69, 9.17) is 4.74 Å². The zero-order chi connectivity index (χ0) is 13.1. The summed E-state index contributed by atoms with van der Waals surface area (Å²) in [6, 6.07) is 6.31. The highest BCUT2D eigenvalue weighted by Gasteiger charge is 2.30. The van der Waals surface area contributed by atoms with Gasteiger partial charge in [-0.1, -0.05) is 29.8 Å². The Kier molecular flexibility index (Phi) is 4.68. The van der Waals surface area contributed by atoms with E-state index >= 15 is 0 Å². The lowest BCUT2D eigenvalue weighted by Gasteiger charge is -2.35. The first kappa shape index (κ1) is 13.9. The first-order chi connectivity index (χ1) is 8.63. The third kappa shape index (κ3) is 2.89. The maximum Gasteiger partial charge on any atom is 0.119 e. The molecule has 0 amide bonds. The lowest BCUT2D eigenvalue weighted by molar-refractivity contribution is 0.254. The van der Waals surface area contributed by atoms with E-state index in [1.54, 1.807) is 7.11 Å².